The summed E-state index contributed by atoms with van der Waals surface area (Å²) in [7, 11) is 8.32. The van der Waals surface area contributed by atoms with Crippen molar-refractivity contribution in [2.75, 3.05) is 53.4 Å². The third-order valence-corrected chi connectivity index (χ3v) is 9.94. The second-order valence-corrected chi connectivity index (χ2v) is 14.6. The molecule has 6 aromatic rings. The normalized spacial score (nSPS) is 13.0. The zero-order valence-electron chi connectivity index (χ0n) is 33.4. The van der Waals surface area contributed by atoms with E-state index in [2.05, 4.69) is 20.0 Å². The van der Waals surface area contributed by atoms with Crippen LogP contribution in [-0.4, -0.2) is 64.5 Å². The molecule has 308 valence electrons. The van der Waals surface area contributed by atoms with Crippen molar-refractivity contribution in [3.8, 4) is 33.8 Å². The fraction of sp³-hybridized carbons (Fsp3) is 0.239. The van der Waals surface area contributed by atoms with E-state index in [1.165, 1.54) is 33.6 Å². The van der Waals surface area contributed by atoms with E-state index in [-0.39, 0.29) is 23.5 Å². The Kier molecular flexibility index (Phi) is 16.1. The smallest absolute Gasteiger partial charge is 0.309 e. The maximum Gasteiger partial charge on any atom is 0.309 e. The molecule has 0 aliphatic carbocycles. The Morgan fingerprint density at radius 3 is 1.64 bits per heavy atom. The number of carbonyl (C=O) groups is 1. The Bertz CT molecular complexity index is 2320. The van der Waals surface area contributed by atoms with Crippen molar-refractivity contribution in [3.05, 3.63) is 159 Å². The van der Waals surface area contributed by atoms with Crippen LogP contribution in [0.5, 0.6) is 11.5 Å². The predicted molar refractivity (Wildman–Crippen MR) is 228 cm³/mol. The molecule has 1 aliphatic heterocycles. The number of nitrogens with one attached hydrogen (secondary N) is 1. The van der Waals surface area contributed by atoms with Gasteiger partial charge in [-0.25, -0.2) is 18.7 Å². The quantitative estimate of drug-likeness (QED) is 0.108. The molecule has 2 aromatic heterocycles. The van der Waals surface area contributed by atoms with Crippen molar-refractivity contribution in [1.29, 1.82) is 0 Å². The highest BCUT2D eigenvalue weighted by atomic mass is 35.5. The molecule has 0 amide bonds. The van der Waals surface area contributed by atoms with Crippen LogP contribution in [0.15, 0.2) is 109 Å². The number of benzene rings is 4. The van der Waals surface area contributed by atoms with Gasteiger partial charge in [0.15, 0.2) is 0 Å². The molecule has 3 heterocycles. The predicted octanol–water partition coefficient (Wildman–Crippen LogP) is 10.3. The number of hydrogen-bond donors (Lipinski definition) is 1. The van der Waals surface area contributed by atoms with E-state index in [0.717, 1.165) is 36.5 Å². The maximum absolute atomic E-state index is 15.3. The fourth-order valence-corrected chi connectivity index (χ4v) is 6.78. The lowest BCUT2D eigenvalue weighted by Crippen LogP contribution is -2.18. The molecule has 0 bridgehead atoms. The highest BCUT2D eigenvalue weighted by Crippen LogP contribution is 2.37. The number of pyridine rings is 2. The molecule has 13 heteroatoms. The van der Waals surface area contributed by atoms with Gasteiger partial charge in [0.2, 0.25) is 5.95 Å². The van der Waals surface area contributed by atoms with Crippen molar-refractivity contribution >= 4 is 35.0 Å². The van der Waals surface area contributed by atoms with Gasteiger partial charge < -0.3 is 24.4 Å². The monoisotopic (exact) mass is 844 g/mol. The Morgan fingerprint density at radius 1 is 0.729 bits per heavy atom. The number of esters is 1. The van der Waals surface area contributed by atoms with E-state index >= 15 is 8.78 Å². The molecule has 59 heavy (non-hydrogen) atoms. The van der Waals surface area contributed by atoms with Crippen molar-refractivity contribution in [2.24, 2.45) is 5.92 Å². The van der Waals surface area contributed by atoms with Crippen molar-refractivity contribution in [1.82, 2.24) is 15.3 Å². The zero-order chi connectivity index (χ0) is 42.5. The van der Waals surface area contributed by atoms with Crippen molar-refractivity contribution in [3.63, 3.8) is 0 Å². The molecular formula is C46H45Cl2F3N4O4. The van der Waals surface area contributed by atoms with Crippen LogP contribution in [0.4, 0.5) is 19.0 Å². The molecular weight excluding hydrogens is 800 g/mol. The molecule has 0 saturated carbocycles. The van der Waals surface area contributed by atoms with Gasteiger partial charge in [-0.1, -0.05) is 71.7 Å². The first kappa shape index (κ1) is 44.5. The maximum atomic E-state index is 15.3. The molecule has 0 spiro atoms. The topological polar surface area (TPSA) is 85.8 Å². The van der Waals surface area contributed by atoms with Crippen LogP contribution in [0, 0.1) is 23.5 Å². The molecule has 0 radical (unpaired) electrons. The summed E-state index contributed by atoms with van der Waals surface area (Å²) in [6, 6.07) is 27.7. The number of rotatable bonds is 10. The Hall–Kier alpha value is -5.62. The van der Waals surface area contributed by atoms with Gasteiger partial charge in [-0.15, -0.1) is 0 Å². The molecule has 1 aliphatic rings. The number of halogens is 5. The molecule has 8 nitrogen and oxygen atoms in total. The van der Waals surface area contributed by atoms with Crippen LogP contribution in [0.1, 0.15) is 28.7 Å². The summed E-state index contributed by atoms with van der Waals surface area (Å²) in [5.74, 6) is 0.543. The summed E-state index contributed by atoms with van der Waals surface area (Å²) in [5.41, 5.74) is 4.82. The lowest BCUT2D eigenvalue weighted by molar-refractivity contribution is -0.144. The van der Waals surface area contributed by atoms with E-state index in [1.54, 1.807) is 79.0 Å². The summed E-state index contributed by atoms with van der Waals surface area (Å²) in [6.07, 6.45) is 4.85. The number of hydrogen-bond acceptors (Lipinski definition) is 8. The molecule has 1 fully saturated rings. The minimum atomic E-state index is -0.562. The number of methoxy groups -OCH3 is 3. The van der Waals surface area contributed by atoms with Crippen molar-refractivity contribution in [2.45, 2.75) is 19.3 Å². The molecule has 1 N–H and O–H groups in total. The Labute approximate surface area is 352 Å². The number of nitrogens with zero attached hydrogens (tertiary/aromatic N) is 3. The van der Waals surface area contributed by atoms with Gasteiger partial charge in [0.1, 0.15) is 29.0 Å². The summed E-state index contributed by atoms with van der Waals surface area (Å²) < 4.78 is 58.5. The summed E-state index contributed by atoms with van der Waals surface area (Å²) in [5, 5.41) is 4.16. The van der Waals surface area contributed by atoms with E-state index < -0.39 is 5.95 Å². The third-order valence-electron chi connectivity index (χ3n) is 9.47. The first-order chi connectivity index (χ1) is 28.4. The first-order valence-corrected chi connectivity index (χ1v) is 19.4. The van der Waals surface area contributed by atoms with Gasteiger partial charge in [-0.05, 0) is 94.9 Å². The van der Waals surface area contributed by atoms with Crippen LogP contribution >= 0.6 is 23.2 Å². The van der Waals surface area contributed by atoms with Crippen LogP contribution in [0.2, 0.25) is 10.0 Å². The Morgan fingerprint density at radius 2 is 1.25 bits per heavy atom. The molecule has 4 aromatic carbocycles. The van der Waals surface area contributed by atoms with E-state index in [1.807, 2.05) is 37.2 Å². The van der Waals surface area contributed by atoms with E-state index in [4.69, 9.17) is 32.7 Å². The highest BCUT2D eigenvalue weighted by Gasteiger charge is 2.22. The van der Waals surface area contributed by atoms with Crippen LogP contribution in [-0.2, 0) is 22.4 Å². The Balaban J connectivity index is 0.000000186. The molecule has 1 saturated heterocycles. The number of carbonyl (C=O) groups excluding carboxylic acids is 1. The molecule has 1 atom stereocenters. The average molecular weight is 846 g/mol. The average Bonchev–Trinajstić information content (AvgIpc) is 3.79. The van der Waals surface area contributed by atoms with Gasteiger partial charge in [-0.3, -0.25) is 4.79 Å². The summed E-state index contributed by atoms with van der Waals surface area (Å²) >= 11 is 12.1. The first-order valence-electron chi connectivity index (χ1n) is 18.7. The number of ether oxygens (including phenoxy) is 3. The third kappa shape index (κ3) is 12.0. The van der Waals surface area contributed by atoms with E-state index in [9.17, 15) is 9.18 Å². The highest BCUT2D eigenvalue weighted by molar-refractivity contribution is 6.31. The minimum Gasteiger partial charge on any atom is -0.496 e. The van der Waals surface area contributed by atoms with Crippen LogP contribution < -0.4 is 19.7 Å². The SMILES string of the molecule is COC(=O)C1CCNC1.COc1ccc(Cc2ccc(F)nc2)c(F)c1-c1cccc(Cl)c1.COc1ccc(Cc2ccc(N(C)C)nc2)c(F)c1-c1cccc(Cl)c1. The van der Waals surface area contributed by atoms with Crippen LogP contribution in [0.25, 0.3) is 22.3 Å². The van der Waals surface area contributed by atoms with Gasteiger partial charge in [-0.2, -0.15) is 4.39 Å². The van der Waals surface area contributed by atoms with E-state index in [0.29, 0.717) is 67.8 Å². The summed E-state index contributed by atoms with van der Waals surface area (Å²) in [4.78, 5) is 20.7. The largest absolute Gasteiger partial charge is 0.496 e. The van der Waals surface area contributed by atoms with Gasteiger partial charge in [0.05, 0.1) is 38.4 Å². The van der Waals surface area contributed by atoms with Crippen LogP contribution in [0.3, 0.4) is 0 Å². The molecule has 7 rings (SSSR count). The fourth-order valence-electron chi connectivity index (χ4n) is 6.40. The zero-order valence-corrected chi connectivity index (χ0v) is 34.9. The molecule has 1 unspecified atom stereocenters. The van der Waals surface area contributed by atoms with Crippen molar-refractivity contribution < 1.29 is 32.2 Å². The van der Waals surface area contributed by atoms with Gasteiger partial charge in [0.25, 0.3) is 0 Å². The second-order valence-electron chi connectivity index (χ2n) is 13.7. The second kappa shape index (κ2) is 21.4. The summed E-state index contributed by atoms with van der Waals surface area (Å²) in [6.45, 7) is 1.73. The lowest BCUT2D eigenvalue weighted by Gasteiger charge is -2.14. The van der Waals surface area contributed by atoms with Gasteiger partial charge in [0, 0.05) is 55.9 Å². The number of anilines is 1. The number of aromatic nitrogens is 2. The minimum absolute atomic E-state index is 0.0833. The lowest BCUT2D eigenvalue weighted by atomic mass is 9.97. The van der Waals surface area contributed by atoms with Gasteiger partial charge >= 0.3 is 5.97 Å². The standard InChI is InChI=1S/C21H20ClFN2O.C19H14ClF2NO.C6H11NO2/c1-25(2)19-10-7-14(13-24-19)11-16-8-9-18(26-3)20(21(16)23)15-5-4-6-17(22)12-15;1-24-16-7-6-14(9-12-5-8-17(21)23-11-12)19(22)18(16)13-3-2-4-15(20)10-13;1-9-6(8)5-2-3-7-4-5/h4-10,12-13H,11H2,1-3H3;2-8,10-11H,9H2,1H3;5,7H,2-4H2,1H3.